The van der Waals surface area contributed by atoms with Crippen LogP contribution in [0.15, 0.2) is 12.4 Å². The van der Waals surface area contributed by atoms with E-state index < -0.39 is 0 Å². The average Bonchev–Trinajstić information content (AvgIpc) is 2.75. The minimum atomic E-state index is 0.630. The number of aryl methyl sites for hydroxylation is 1. The number of aromatic nitrogens is 2. The molecule has 3 heteroatoms. The SMILES string of the molecule is CCCCn1ccnc1[C@H]1CCCNC1. The Morgan fingerprint density at radius 1 is 1.60 bits per heavy atom. The zero-order chi connectivity index (χ0) is 10.5. The molecule has 2 heterocycles. The highest BCUT2D eigenvalue weighted by molar-refractivity contribution is 5.02. The fourth-order valence-corrected chi connectivity index (χ4v) is 2.27. The van der Waals surface area contributed by atoms with Gasteiger partial charge in [0.2, 0.25) is 0 Å². The summed E-state index contributed by atoms with van der Waals surface area (Å²) in [5, 5.41) is 3.45. The molecule has 1 aliphatic heterocycles. The van der Waals surface area contributed by atoms with E-state index in [-0.39, 0.29) is 0 Å². The van der Waals surface area contributed by atoms with Crippen LogP contribution in [-0.4, -0.2) is 22.6 Å². The second-order valence-electron chi connectivity index (χ2n) is 4.38. The van der Waals surface area contributed by atoms with E-state index in [0.29, 0.717) is 5.92 Å². The van der Waals surface area contributed by atoms with E-state index in [2.05, 4.69) is 28.0 Å². The summed E-state index contributed by atoms with van der Waals surface area (Å²) in [7, 11) is 0. The normalized spacial score (nSPS) is 21.8. The minimum Gasteiger partial charge on any atom is -0.335 e. The van der Waals surface area contributed by atoms with Gasteiger partial charge in [0, 0.05) is 31.4 Å². The molecule has 0 spiro atoms. The van der Waals surface area contributed by atoms with E-state index in [0.717, 1.165) is 13.1 Å². The molecule has 1 aliphatic rings. The summed E-state index contributed by atoms with van der Waals surface area (Å²) in [5.41, 5.74) is 0. The number of imidazole rings is 1. The topological polar surface area (TPSA) is 29.9 Å². The van der Waals surface area contributed by atoms with E-state index >= 15 is 0 Å². The van der Waals surface area contributed by atoms with Crippen LogP contribution in [0.5, 0.6) is 0 Å². The van der Waals surface area contributed by atoms with Gasteiger partial charge in [0.25, 0.3) is 0 Å². The summed E-state index contributed by atoms with van der Waals surface area (Å²) in [6.45, 7) is 5.64. The van der Waals surface area contributed by atoms with Crippen molar-refractivity contribution in [2.24, 2.45) is 0 Å². The van der Waals surface area contributed by atoms with Crippen molar-refractivity contribution in [3.05, 3.63) is 18.2 Å². The summed E-state index contributed by atoms with van der Waals surface area (Å²) in [6.07, 6.45) is 9.14. The number of rotatable bonds is 4. The monoisotopic (exact) mass is 207 g/mol. The molecule has 1 fully saturated rings. The third-order valence-corrected chi connectivity index (χ3v) is 3.16. The van der Waals surface area contributed by atoms with E-state index in [4.69, 9.17) is 0 Å². The van der Waals surface area contributed by atoms with Gasteiger partial charge >= 0.3 is 0 Å². The lowest BCUT2D eigenvalue weighted by atomic mass is 9.99. The standard InChI is InChI=1S/C12H21N3/c1-2-3-8-15-9-7-14-12(15)11-5-4-6-13-10-11/h7,9,11,13H,2-6,8,10H2,1H3/t11-/m0/s1. The Bertz CT molecular complexity index is 287. The van der Waals surface area contributed by atoms with Crippen LogP contribution in [0.25, 0.3) is 0 Å². The van der Waals surface area contributed by atoms with E-state index in [1.807, 2.05) is 6.20 Å². The summed E-state index contributed by atoms with van der Waals surface area (Å²) in [4.78, 5) is 4.52. The first-order valence-corrected chi connectivity index (χ1v) is 6.13. The highest BCUT2D eigenvalue weighted by Crippen LogP contribution is 2.21. The molecule has 1 N–H and O–H groups in total. The lowest BCUT2D eigenvalue weighted by Crippen LogP contribution is -2.30. The summed E-state index contributed by atoms with van der Waals surface area (Å²) >= 11 is 0. The molecule has 1 atom stereocenters. The zero-order valence-corrected chi connectivity index (χ0v) is 9.58. The van der Waals surface area contributed by atoms with Crippen LogP contribution >= 0.6 is 0 Å². The third-order valence-electron chi connectivity index (χ3n) is 3.16. The predicted octanol–water partition coefficient (Wildman–Crippen LogP) is 2.15. The van der Waals surface area contributed by atoms with Gasteiger partial charge in [-0.05, 0) is 25.8 Å². The number of unbranched alkanes of at least 4 members (excludes halogenated alkanes) is 1. The van der Waals surface area contributed by atoms with Gasteiger partial charge in [-0.15, -0.1) is 0 Å². The van der Waals surface area contributed by atoms with Gasteiger partial charge in [-0.25, -0.2) is 4.98 Å². The fraction of sp³-hybridized carbons (Fsp3) is 0.750. The Hall–Kier alpha value is -0.830. The van der Waals surface area contributed by atoms with Gasteiger partial charge in [-0.3, -0.25) is 0 Å². The third kappa shape index (κ3) is 2.59. The largest absolute Gasteiger partial charge is 0.335 e. The highest BCUT2D eigenvalue weighted by Gasteiger charge is 2.19. The maximum absolute atomic E-state index is 4.52. The number of piperidine rings is 1. The number of hydrogen-bond donors (Lipinski definition) is 1. The van der Waals surface area contributed by atoms with Crippen LogP contribution in [0.4, 0.5) is 0 Å². The van der Waals surface area contributed by atoms with Crippen LogP contribution in [0, 0.1) is 0 Å². The van der Waals surface area contributed by atoms with E-state index in [9.17, 15) is 0 Å². The van der Waals surface area contributed by atoms with Crippen LogP contribution in [0.3, 0.4) is 0 Å². The highest BCUT2D eigenvalue weighted by atomic mass is 15.1. The quantitative estimate of drug-likeness (QED) is 0.820. The molecule has 0 unspecified atom stereocenters. The average molecular weight is 207 g/mol. The predicted molar refractivity (Wildman–Crippen MR) is 62.0 cm³/mol. The number of hydrogen-bond acceptors (Lipinski definition) is 2. The zero-order valence-electron chi connectivity index (χ0n) is 9.58. The number of nitrogens with zero attached hydrogens (tertiary/aromatic N) is 2. The Morgan fingerprint density at radius 3 is 3.27 bits per heavy atom. The van der Waals surface area contributed by atoms with Crippen molar-refractivity contribution in [3.8, 4) is 0 Å². The molecule has 1 aromatic heterocycles. The fourth-order valence-electron chi connectivity index (χ4n) is 2.27. The summed E-state index contributed by atoms with van der Waals surface area (Å²) in [5.74, 6) is 1.92. The van der Waals surface area contributed by atoms with Crippen LogP contribution < -0.4 is 5.32 Å². The molecule has 3 nitrogen and oxygen atoms in total. The minimum absolute atomic E-state index is 0.630. The van der Waals surface area contributed by atoms with Crippen molar-refractivity contribution < 1.29 is 0 Å². The van der Waals surface area contributed by atoms with Gasteiger partial charge < -0.3 is 9.88 Å². The first-order valence-electron chi connectivity index (χ1n) is 6.13. The van der Waals surface area contributed by atoms with Crippen molar-refractivity contribution in [2.75, 3.05) is 13.1 Å². The van der Waals surface area contributed by atoms with Crippen molar-refractivity contribution in [3.63, 3.8) is 0 Å². The molecule has 15 heavy (non-hydrogen) atoms. The molecular weight excluding hydrogens is 186 g/mol. The van der Waals surface area contributed by atoms with Gasteiger partial charge in [0.05, 0.1) is 0 Å². The molecule has 0 saturated carbocycles. The van der Waals surface area contributed by atoms with Gasteiger partial charge in [-0.1, -0.05) is 13.3 Å². The maximum atomic E-state index is 4.52. The Labute approximate surface area is 91.9 Å². The lowest BCUT2D eigenvalue weighted by Gasteiger charge is -2.23. The summed E-state index contributed by atoms with van der Waals surface area (Å²) < 4.78 is 2.33. The van der Waals surface area contributed by atoms with Crippen LogP contribution in [0.2, 0.25) is 0 Å². The molecule has 0 radical (unpaired) electrons. The van der Waals surface area contributed by atoms with Crippen LogP contribution in [-0.2, 0) is 6.54 Å². The second-order valence-corrected chi connectivity index (χ2v) is 4.38. The molecule has 1 saturated heterocycles. The smallest absolute Gasteiger partial charge is 0.113 e. The Morgan fingerprint density at radius 2 is 2.53 bits per heavy atom. The first kappa shape index (κ1) is 10.7. The molecule has 2 rings (SSSR count). The van der Waals surface area contributed by atoms with Crippen molar-refractivity contribution in [1.29, 1.82) is 0 Å². The van der Waals surface area contributed by atoms with E-state index in [1.165, 1.54) is 38.1 Å². The first-order chi connectivity index (χ1) is 7.42. The second kappa shape index (κ2) is 5.31. The maximum Gasteiger partial charge on any atom is 0.113 e. The molecular formula is C12H21N3. The molecule has 1 aromatic rings. The summed E-state index contributed by atoms with van der Waals surface area (Å²) in [6, 6.07) is 0. The molecule has 0 bridgehead atoms. The Balaban J connectivity index is 2.02. The van der Waals surface area contributed by atoms with E-state index in [1.54, 1.807) is 0 Å². The lowest BCUT2D eigenvalue weighted by molar-refractivity contribution is 0.429. The van der Waals surface area contributed by atoms with Crippen molar-refractivity contribution >= 4 is 0 Å². The molecule has 0 aliphatic carbocycles. The molecule has 84 valence electrons. The van der Waals surface area contributed by atoms with Gasteiger partial charge in [-0.2, -0.15) is 0 Å². The van der Waals surface area contributed by atoms with Crippen LogP contribution in [0.1, 0.15) is 44.3 Å². The van der Waals surface area contributed by atoms with Crippen molar-refractivity contribution in [2.45, 2.75) is 45.1 Å². The van der Waals surface area contributed by atoms with Gasteiger partial charge in [0.1, 0.15) is 5.82 Å². The number of nitrogens with one attached hydrogen (secondary N) is 1. The Kier molecular flexibility index (Phi) is 3.78. The van der Waals surface area contributed by atoms with Gasteiger partial charge in [0.15, 0.2) is 0 Å². The molecule has 0 amide bonds. The molecule has 0 aromatic carbocycles. The van der Waals surface area contributed by atoms with Crippen molar-refractivity contribution in [1.82, 2.24) is 14.9 Å².